The van der Waals surface area contributed by atoms with Crippen molar-refractivity contribution in [3.05, 3.63) is 55.4 Å². The molecule has 0 saturated carbocycles. The SMILES string of the molecule is C=C/C=C(/N1CCN(c2ccccc2)CC1)n1ncnc1N. The molecule has 22 heavy (non-hydrogen) atoms. The normalized spacial score (nSPS) is 15.9. The van der Waals surface area contributed by atoms with Crippen molar-refractivity contribution in [2.24, 2.45) is 0 Å². The van der Waals surface area contributed by atoms with Crippen molar-refractivity contribution < 1.29 is 0 Å². The van der Waals surface area contributed by atoms with E-state index in [9.17, 15) is 0 Å². The number of para-hydroxylation sites is 1. The van der Waals surface area contributed by atoms with Crippen LogP contribution in [-0.2, 0) is 0 Å². The number of benzene rings is 1. The number of hydrogen-bond donors (Lipinski definition) is 1. The average Bonchev–Trinajstić information content (AvgIpc) is 2.99. The summed E-state index contributed by atoms with van der Waals surface area (Å²) in [4.78, 5) is 8.63. The minimum atomic E-state index is 0.388. The van der Waals surface area contributed by atoms with Gasteiger partial charge in [0.1, 0.15) is 12.1 Å². The lowest BCUT2D eigenvalue weighted by molar-refractivity contribution is 0.348. The van der Waals surface area contributed by atoms with Gasteiger partial charge in [-0.15, -0.1) is 0 Å². The first-order valence-electron chi connectivity index (χ1n) is 7.33. The Hall–Kier alpha value is -2.76. The second-order valence-corrected chi connectivity index (χ2v) is 5.10. The lowest BCUT2D eigenvalue weighted by atomic mass is 10.2. The van der Waals surface area contributed by atoms with Crippen LogP contribution in [0.5, 0.6) is 0 Å². The van der Waals surface area contributed by atoms with Crippen LogP contribution in [0.25, 0.3) is 5.82 Å². The number of piperazine rings is 1. The number of nitrogens with zero attached hydrogens (tertiary/aromatic N) is 5. The van der Waals surface area contributed by atoms with Crippen molar-refractivity contribution in [2.45, 2.75) is 0 Å². The van der Waals surface area contributed by atoms with E-state index in [1.54, 1.807) is 10.8 Å². The quantitative estimate of drug-likeness (QED) is 0.870. The Kier molecular flexibility index (Phi) is 4.09. The molecule has 2 N–H and O–H groups in total. The van der Waals surface area contributed by atoms with Crippen LogP contribution in [0.1, 0.15) is 0 Å². The lowest BCUT2D eigenvalue weighted by Crippen LogP contribution is -2.46. The van der Waals surface area contributed by atoms with Gasteiger partial charge in [0.05, 0.1) is 0 Å². The molecular weight excluding hydrogens is 276 g/mol. The Morgan fingerprint density at radius 3 is 2.45 bits per heavy atom. The van der Waals surface area contributed by atoms with Gasteiger partial charge in [0.25, 0.3) is 0 Å². The van der Waals surface area contributed by atoms with E-state index >= 15 is 0 Å². The Balaban J connectivity index is 1.73. The predicted molar refractivity (Wildman–Crippen MR) is 89.1 cm³/mol. The molecule has 6 heteroatoms. The minimum absolute atomic E-state index is 0.388. The van der Waals surface area contributed by atoms with Gasteiger partial charge in [-0.3, -0.25) is 0 Å². The van der Waals surface area contributed by atoms with Gasteiger partial charge in [-0.05, 0) is 18.2 Å². The van der Waals surface area contributed by atoms with Crippen LogP contribution in [0, 0.1) is 0 Å². The van der Waals surface area contributed by atoms with Gasteiger partial charge >= 0.3 is 0 Å². The molecule has 3 rings (SSSR count). The molecule has 1 saturated heterocycles. The number of nitrogens with two attached hydrogens (primary N) is 1. The standard InChI is InChI=1S/C16H20N6/c1-2-6-15(22-16(17)18-13-19-22)21-11-9-20(10-12-21)14-7-4-3-5-8-14/h2-8,13H,1,9-12H2,(H2,17,18,19)/b15-6-. The zero-order valence-corrected chi connectivity index (χ0v) is 12.5. The zero-order valence-electron chi connectivity index (χ0n) is 12.5. The van der Waals surface area contributed by atoms with Gasteiger partial charge in [-0.1, -0.05) is 30.9 Å². The third-order valence-corrected chi connectivity index (χ3v) is 3.78. The Bertz CT molecular complexity index is 652. The summed E-state index contributed by atoms with van der Waals surface area (Å²) in [6, 6.07) is 10.5. The molecule has 1 aliphatic heterocycles. The first-order valence-corrected chi connectivity index (χ1v) is 7.33. The molecular formula is C16H20N6. The summed E-state index contributed by atoms with van der Waals surface area (Å²) in [6.45, 7) is 7.48. The largest absolute Gasteiger partial charge is 0.368 e. The summed E-state index contributed by atoms with van der Waals surface area (Å²) in [6.07, 6.45) is 5.13. The molecule has 2 heterocycles. The highest BCUT2D eigenvalue weighted by Crippen LogP contribution is 2.20. The van der Waals surface area contributed by atoms with E-state index in [2.05, 4.69) is 50.7 Å². The average molecular weight is 296 g/mol. The van der Waals surface area contributed by atoms with Crippen LogP contribution >= 0.6 is 0 Å². The van der Waals surface area contributed by atoms with Crippen LogP contribution in [0.3, 0.4) is 0 Å². The first kappa shape index (κ1) is 14.2. The van der Waals surface area contributed by atoms with Gasteiger partial charge in [0.15, 0.2) is 0 Å². The van der Waals surface area contributed by atoms with Gasteiger partial charge < -0.3 is 15.5 Å². The van der Waals surface area contributed by atoms with E-state index < -0.39 is 0 Å². The molecule has 0 atom stereocenters. The summed E-state index contributed by atoms with van der Waals surface area (Å²) >= 11 is 0. The fourth-order valence-corrected chi connectivity index (χ4v) is 2.67. The van der Waals surface area contributed by atoms with E-state index in [0.29, 0.717) is 5.95 Å². The molecule has 6 nitrogen and oxygen atoms in total. The van der Waals surface area contributed by atoms with E-state index in [1.807, 2.05) is 12.1 Å². The van der Waals surface area contributed by atoms with Crippen LogP contribution in [0.2, 0.25) is 0 Å². The topological polar surface area (TPSA) is 63.2 Å². The minimum Gasteiger partial charge on any atom is -0.368 e. The number of hydrogen-bond acceptors (Lipinski definition) is 5. The third-order valence-electron chi connectivity index (χ3n) is 3.78. The predicted octanol–water partition coefficient (Wildman–Crippen LogP) is 1.67. The molecule has 0 bridgehead atoms. The molecule has 0 aliphatic carbocycles. The fourth-order valence-electron chi connectivity index (χ4n) is 2.67. The first-order chi connectivity index (χ1) is 10.8. The number of aromatic nitrogens is 3. The van der Waals surface area contributed by atoms with Crippen LogP contribution in [0.15, 0.2) is 55.4 Å². The summed E-state index contributed by atoms with van der Waals surface area (Å²) in [5.41, 5.74) is 7.13. The van der Waals surface area contributed by atoms with Crippen LogP contribution < -0.4 is 10.6 Å². The van der Waals surface area contributed by atoms with Crippen molar-refractivity contribution >= 4 is 17.5 Å². The zero-order chi connectivity index (χ0) is 15.4. The van der Waals surface area contributed by atoms with Gasteiger partial charge in [0, 0.05) is 31.9 Å². The second kappa shape index (κ2) is 6.34. The third kappa shape index (κ3) is 2.81. The molecule has 1 fully saturated rings. The number of anilines is 2. The molecule has 0 amide bonds. The Morgan fingerprint density at radius 2 is 1.86 bits per heavy atom. The molecule has 0 unspecified atom stereocenters. The van der Waals surface area contributed by atoms with E-state index in [4.69, 9.17) is 5.73 Å². The molecule has 1 aliphatic rings. The molecule has 0 radical (unpaired) electrons. The van der Waals surface area contributed by atoms with Crippen LogP contribution in [0.4, 0.5) is 11.6 Å². The monoisotopic (exact) mass is 296 g/mol. The summed E-state index contributed by atoms with van der Waals surface area (Å²) < 4.78 is 1.65. The summed E-state index contributed by atoms with van der Waals surface area (Å²) in [5.74, 6) is 1.30. The highest BCUT2D eigenvalue weighted by molar-refractivity contribution is 5.51. The van der Waals surface area contributed by atoms with Gasteiger partial charge in [-0.25, -0.2) is 0 Å². The molecule has 2 aromatic rings. The van der Waals surface area contributed by atoms with Crippen LogP contribution in [-0.4, -0.2) is 45.8 Å². The fraction of sp³-hybridized carbons (Fsp3) is 0.250. The number of rotatable bonds is 4. The van der Waals surface area contributed by atoms with Gasteiger partial charge in [-0.2, -0.15) is 14.8 Å². The highest BCUT2D eigenvalue weighted by Gasteiger charge is 2.21. The van der Waals surface area contributed by atoms with Crippen molar-refractivity contribution in [3.63, 3.8) is 0 Å². The number of nitrogen functional groups attached to an aromatic ring is 1. The van der Waals surface area contributed by atoms with E-state index in [0.717, 1.165) is 32.0 Å². The smallest absolute Gasteiger partial charge is 0.224 e. The second-order valence-electron chi connectivity index (χ2n) is 5.10. The number of allylic oxidation sites excluding steroid dienone is 2. The van der Waals surface area contributed by atoms with E-state index in [1.165, 1.54) is 12.0 Å². The van der Waals surface area contributed by atoms with Gasteiger partial charge in [0.2, 0.25) is 5.95 Å². The van der Waals surface area contributed by atoms with E-state index in [-0.39, 0.29) is 0 Å². The Labute approximate surface area is 130 Å². The van der Waals surface area contributed by atoms with Crippen molar-refractivity contribution in [2.75, 3.05) is 36.8 Å². The molecule has 1 aromatic carbocycles. The lowest BCUT2D eigenvalue weighted by Gasteiger charge is -2.38. The molecule has 1 aromatic heterocycles. The molecule has 0 spiro atoms. The maximum Gasteiger partial charge on any atom is 0.224 e. The molecule has 114 valence electrons. The highest BCUT2D eigenvalue weighted by atomic mass is 15.5. The summed E-state index contributed by atoms with van der Waals surface area (Å²) in [7, 11) is 0. The Morgan fingerprint density at radius 1 is 1.14 bits per heavy atom. The maximum atomic E-state index is 5.87. The van der Waals surface area contributed by atoms with Crippen molar-refractivity contribution in [3.8, 4) is 0 Å². The maximum absolute atomic E-state index is 5.87. The van der Waals surface area contributed by atoms with Crippen molar-refractivity contribution in [1.82, 2.24) is 19.7 Å². The van der Waals surface area contributed by atoms with Crippen molar-refractivity contribution in [1.29, 1.82) is 0 Å². The summed E-state index contributed by atoms with van der Waals surface area (Å²) in [5, 5.41) is 4.20.